The molecule has 1 heterocycles. The summed E-state index contributed by atoms with van der Waals surface area (Å²) in [4.78, 5) is 13.9. The molecule has 1 atom stereocenters. The number of hydrogen-bond donors (Lipinski definition) is 1. The number of likely N-dealkylation sites (tertiary alicyclic amines) is 1. The molecule has 1 saturated carbocycles. The minimum atomic E-state index is -0.447. The summed E-state index contributed by atoms with van der Waals surface area (Å²) in [6, 6.07) is 0.581. The lowest BCUT2D eigenvalue weighted by Crippen LogP contribution is -2.47. The van der Waals surface area contributed by atoms with E-state index in [0.29, 0.717) is 6.04 Å². The van der Waals surface area contributed by atoms with Crippen molar-refractivity contribution in [1.29, 1.82) is 0 Å². The SMILES string of the molecule is C#CC(C)(C)N1CCC(NC2CC2)C1=O. The number of nitrogens with zero attached hydrogens (tertiary/aromatic N) is 1. The first-order valence-electron chi connectivity index (χ1n) is 5.60. The summed E-state index contributed by atoms with van der Waals surface area (Å²) in [6.45, 7) is 4.62. The van der Waals surface area contributed by atoms with E-state index >= 15 is 0 Å². The summed E-state index contributed by atoms with van der Waals surface area (Å²) < 4.78 is 0. The van der Waals surface area contributed by atoms with Crippen molar-refractivity contribution < 1.29 is 4.79 Å². The highest BCUT2D eigenvalue weighted by Gasteiger charge is 2.40. The Kier molecular flexibility index (Phi) is 2.47. The van der Waals surface area contributed by atoms with Crippen LogP contribution in [0.3, 0.4) is 0 Å². The van der Waals surface area contributed by atoms with Crippen LogP contribution in [-0.4, -0.2) is 35.0 Å². The van der Waals surface area contributed by atoms with Gasteiger partial charge in [0.25, 0.3) is 0 Å². The van der Waals surface area contributed by atoms with E-state index in [1.54, 1.807) is 0 Å². The van der Waals surface area contributed by atoms with Crippen LogP contribution in [0.4, 0.5) is 0 Å². The average molecular weight is 206 g/mol. The largest absolute Gasteiger partial charge is 0.325 e. The molecule has 1 amide bonds. The highest BCUT2D eigenvalue weighted by molar-refractivity contribution is 5.85. The molecule has 15 heavy (non-hydrogen) atoms. The van der Waals surface area contributed by atoms with Gasteiger partial charge in [-0.3, -0.25) is 4.79 Å². The van der Waals surface area contributed by atoms with Crippen LogP contribution in [0.1, 0.15) is 33.1 Å². The molecule has 2 rings (SSSR count). The highest BCUT2D eigenvalue weighted by atomic mass is 16.2. The average Bonchev–Trinajstić information content (AvgIpc) is 2.92. The van der Waals surface area contributed by atoms with E-state index < -0.39 is 5.54 Å². The topological polar surface area (TPSA) is 32.3 Å². The number of nitrogens with one attached hydrogen (secondary N) is 1. The van der Waals surface area contributed by atoms with Gasteiger partial charge < -0.3 is 10.2 Å². The summed E-state index contributed by atoms with van der Waals surface area (Å²) in [5, 5.41) is 3.37. The van der Waals surface area contributed by atoms with Crippen LogP contribution in [0.2, 0.25) is 0 Å². The van der Waals surface area contributed by atoms with Gasteiger partial charge in [-0.1, -0.05) is 5.92 Å². The van der Waals surface area contributed by atoms with E-state index in [0.717, 1.165) is 13.0 Å². The van der Waals surface area contributed by atoms with Crippen LogP contribution in [0.15, 0.2) is 0 Å². The molecule has 82 valence electrons. The minimum Gasteiger partial charge on any atom is -0.325 e. The van der Waals surface area contributed by atoms with Gasteiger partial charge in [0, 0.05) is 12.6 Å². The molecule has 3 heteroatoms. The van der Waals surface area contributed by atoms with Crippen molar-refractivity contribution in [3.8, 4) is 12.3 Å². The monoisotopic (exact) mass is 206 g/mol. The molecule has 1 N–H and O–H groups in total. The van der Waals surface area contributed by atoms with E-state index in [4.69, 9.17) is 6.42 Å². The van der Waals surface area contributed by atoms with Crippen molar-refractivity contribution in [2.24, 2.45) is 0 Å². The lowest BCUT2D eigenvalue weighted by molar-refractivity contribution is -0.132. The summed E-state index contributed by atoms with van der Waals surface area (Å²) in [5.41, 5.74) is -0.447. The second-order valence-electron chi connectivity index (χ2n) is 4.98. The summed E-state index contributed by atoms with van der Waals surface area (Å²) in [5.74, 6) is 2.85. The fourth-order valence-corrected chi connectivity index (χ4v) is 2.00. The minimum absolute atomic E-state index is 0.00475. The van der Waals surface area contributed by atoms with Gasteiger partial charge in [0.15, 0.2) is 0 Å². The van der Waals surface area contributed by atoms with Gasteiger partial charge in [-0.25, -0.2) is 0 Å². The zero-order valence-electron chi connectivity index (χ0n) is 9.42. The van der Waals surface area contributed by atoms with Crippen LogP contribution >= 0.6 is 0 Å². The number of terminal acetylenes is 1. The number of carbonyl (C=O) groups is 1. The standard InChI is InChI=1S/C12H18N2O/c1-4-12(2,3)14-8-7-10(11(14)15)13-9-5-6-9/h1,9-10,13H,5-8H2,2-3H3. The van der Waals surface area contributed by atoms with Crippen molar-refractivity contribution >= 4 is 5.91 Å². The predicted octanol–water partition coefficient (Wildman–Crippen LogP) is 0.751. The molecule has 0 bridgehead atoms. The lowest BCUT2D eigenvalue weighted by atomic mass is 10.1. The zero-order chi connectivity index (χ0) is 11.1. The Hall–Kier alpha value is -1.01. The molecule has 1 aliphatic carbocycles. The number of amides is 1. The van der Waals surface area contributed by atoms with Crippen LogP contribution in [0.5, 0.6) is 0 Å². The van der Waals surface area contributed by atoms with Gasteiger partial charge in [-0.15, -0.1) is 6.42 Å². The maximum absolute atomic E-state index is 12.0. The van der Waals surface area contributed by atoms with Gasteiger partial charge in [-0.2, -0.15) is 0 Å². The van der Waals surface area contributed by atoms with Crippen molar-refractivity contribution in [3.05, 3.63) is 0 Å². The maximum Gasteiger partial charge on any atom is 0.240 e. The smallest absolute Gasteiger partial charge is 0.240 e. The lowest BCUT2D eigenvalue weighted by Gasteiger charge is -2.30. The summed E-state index contributed by atoms with van der Waals surface area (Å²) in [7, 11) is 0. The van der Waals surface area contributed by atoms with E-state index in [2.05, 4.69) is 11.2 Å². The van der Waals surface area contributed by atoms with Crippen LogP contribution in [0, 0.1) is 12.3 Å². The third-order valence-electron chi connectivity index (χ3n) is 3.25. The molecular weight excluding hydrogens is 188 g/mol. The molecule has 1 aliphatic heterocycles. The van der Waals surface area contributed by atoms with Gasteiger partial charge in [-0.05, 0) is 33.1 Å². The molecule has 0 spiro atoms. The van der Waals surface area contributed by atoms with Crippen molar-refractivity contribution in [2.75, 3.05) is 6.54 Å². The molecule has 0 aromatic heterocycles. The maximum atomic E-state index is 12.0. The second kappa shape index (κ2) is 3.53. The molecule has 2 fully saturated rings. The van der Waals surface area contributed by atoms with E-state index in [1.165, 1.54) is 12.8 Å². The first-order chi connectivity index (χ1) is 7.04. The molecule has 0 radical (unpaired) electrons. The molecule has 0 aromatic carbocycles. The van der Waals surface area contributed by atoms with Crippen molar-refractivity contribution in [3.63, 3.8) is 0 Å². The van der Waals surface area contributed by atoms with E-state index in [9.17, 15) is 4.79 Å². The highest BCUT2D eigenvalue weighted by Crippen LogP contribution is 2.25. The Labute approximate surface area is 91.2 Å². The van der Waals surface area contributed by atoms with Crippen LogP contribution in [0.25, 0.3) is 0 Å². The van der Waals surface area contributed by atoms with Crippen LogP contribution in [-0.2, 0) is 4.79 Å². The third-order valence-corrected chi connectivity index (χ3v) is 3.25. The molecule has 0 aromatic rings. The summed E-state index contributed by atoms with van der Waals surface area (Å²) >= 11 is 0. The van der Waals surface area contributed by atoms with Crippen LogP contribution < -0.4 is 5.32 Å². The Morgan fingerprint density at radius 3 is 2.67 bits per heavy atom. The molecule has 2 aliphatic rings. The van der Waals surface area contributed by atoms with Gasteiger partial charge in [0.1, 0.15) is 0 Å². The van der Waals surface area contributed by atoms with Crippen molar-refractivity contribution in [1.82, 2.24) is 10.2 Å². The van der Waals surface area contributed by atoms with Crippen molar-refractivity contribution in [2.45, 2.75) is 50.7 Å². The van der Waals surface area contributed by atoms with Gasteiger partial charge in [0.2, 0.25) is 5.91 Å². The molecular formula is C12H18N2O. The first kappa shape index (κ1) is 10.5. The summed E-state index contributed by atoms with van der Waals surface area (Å²) in [6.07, 6.45) is 8.75. The number of carbonyl (C=O) groups excluding carboxylic acids is 1. The fourth-order valence-electron chi connectivity index (χ4n) is 2.00. The van der Waals surface area contributed by atoms with Gasteiger partial charge in [0.05, 0.1) is 11.6 Å². The molecule has 3 nitrogen and oxygen atoms in total. The Balaban J connectivity index is 2.00. The fraction of sp³-hybridized carbons (Fsp3) is 0.750. The normalized spacial score (nSPS) is 26.9. The quantitative estimate of drug-likeness (QED) is 0.691. The Bertz CT molecular complexity index is 312. The van der Waals surface area contributed by atoms with Gasteiger partial charge >= 0.3 is 0 Å². The van der Waals surface area contributed by atoms with E-state index in [1.807, 2.05) is 18.7 Å². The molecule has 1 saturated heterocycles. The third kappa shape index (κ3) is 2.00. The predicted molar refractivity (Wildman–Crippen MR) is 59.2 cm³/mol. The zero-order valence-corrected chi connectivity index (χ0v) is 9.42. The Morgan fingerprint density at radius 2 is 2.13 bits per heavy atom. The van der Waals surface area contributed by atoms with E-state index in [-0.39, 0.29) is 11.9 Å². The second-order valence-corrected chi connectivity index (χ2v) is 4.98. The molecule has 1 unspecified atom stereocenters. The Morgan fingerprint density at radius 1 is 1.47 bits per heavy atom. The number of hydrogen-bond acceptors (Lipinski definition) is 2. The number of rotatable bonds is 3. The first-order valence-corrected chi connectivity index (χ1v) is 5.60.